The van der Waals surface area contributed by atoms with Gasteiger partial charge >= 0.3 is 0 Å². The fourth-order valence-electron chi connectivity index (χ4n) is 2.83. The van der Waals surface area contributed by atoms with E-state index in [1.54, 1.807) is 23.9 Å². The number of tetrazole rings is 1. The van der Waals surface area contributed by atoms with Gasteiger partial charge in [0.15, 0.2) is 11.5 Å². The zero-order valence-corrected chi connectivity index (χ0v) is 16.9. The third-order valence-electron chi connectivity index (χ3n) is 4.32. The van der Waals surface area contributed by atoms with Gasteiger partial charge in [0.25, 0.3) is 5.56 Å². The second kappa shape index (κ2) is 7.92. The molecule has 9 nitrogen and oxygen atoms in total. The van der Waals surface area contributed by atoms with E-state index in [-0.39, 0.29) is 5.56 Å². The van der Waals surface area contributed by atoms with Crippen molar-refractivity contribution in [3.8, 4) is 17.2 Å². The minimum atomic E-state index is -0.246. The summed E-state index contributed by atoms with van der Waals surface area (Å²) in [5, 5.41) is 12.9. The lowest BCUT2D eigenvalue weighted by atomic mass is 10.2. The molecule has 1 N–H and O–H groups in total. The number of rotatable bonds is 6. The standard InChI is InChI=1S/C19H18N6O3S/c1-11-4-6-12(7-5-11)25-19(22-23-24-25)29-10-17-20-14-9-16(28-3)15(27-2)8-13(14)18(26)21-17/h4-9H,10H2,1-3H3,(H,20,21,26). The van der Waals surface area contributed by atoms with E-state index in [0.717, 1.165) is 11.3 Å². The number of hydrogen-bond donors (Lipinski definition) is 1. The van der Waals surface area contributed by atoms with E-state index in [0.29, 0.717) is 39.1 Å². The number of hydrogen-bond acceptors (Lipinski definition) is 8. The van der Waals surface area contributed by atoms with Crippen LogP contribution in [0.15, 0.2) is 46.3 Å². The molecule has 4 aromatic rings. The summed E-state index contributed by atoms with van der Waals surface area (Å²) in [6.45, 7) is 2.02. The van der Waals surface area contributed by atoms with Gasteiger partial charge in [-0.2, -0.15) is 4.68 Å². The van der Waals surface area contributed by atoms with Gasteiger partial charge in [-0.1, -0.05) is 29.5 Å². The van der Waals surface area contributed by atoms with Crippen LogP contribution in [0.25, 0.3) is 16.6 Å². The topological polar surface area (TPSA) is 108 Å². The average Bonchev–Trinajstić information content (AvgIpc) is 3.20. The van der Waals surface area contributed by atoms with Crippen LogP contribution in [0.1, 0.15) is 11.4 Å². The molecule has 29 heavy (non-hydrogen) atoms. The summed E-state index contributed by atoms with van der Waals surface area (Å²) in [6, 6.07) is 11.2. The lowest BCUT2D eigenvalue weighted by Gasteiger charge is -2.09. The Bertz CT molecular complexity index is 1220. The van der Waals surface area contributed by atoms with Crippen molar-refractivity contribution >= 4 is 22.7 Å². The van der Waals surface area contributed by atoms with Gasteiger partial charge in [-0.25, -0.2) is 4.98 Å². The molecular formula is C19H18N6O3S. The summed E-state index contributed by atoms with van der Waals surface area (Å²) in [7, 11) is 3.06. The van der Waals surface area contributed by atoms with Crippen LogP contribution in [-0.2, 0) is 5.75 Å². The summed E-state index contributed by atoms with van der Waals surface area (Å²) in [5.41, 5.74) is 2.30. The predicted octanol–water partition coefficient (Wildman–Crippen LogP) is 2.52. The largest absolute Gasteiger partial charge is 0.493 e. The van der Waals surface area contributed by atoms with Crippen LogP contribution in [0.2, 0.25) is 0 Å². The quantitative estimate of drug-likeness (QED) is 0.483. The number of aromatic nitrogens is 6. The van der Waals surface area contributed by atoms with Crippen LogP contribution >= 0.6 is 11.8 Å². The minimum absolute atomic E-state index is 0.246. The van der Waals surface area contributed by atoms with E-state index in [2.05, 4.69) is 25.5 Å². The smallest absolute Gasteiger partial charge is 0.258 e. The third-order valence-corrected chi connectivity index (χ3v) is 5.25. The van der Waals surface area contributed by atoms with E-state index >= 15 is 0 Å². The molecule has 10 heteroatoms. The number of aromatic amines is 1. The molecule has 0 spiro atoms. The lowest BCUT2D eigenvalue weighted by molar-refractivity contribution is 0.355. The first kappa shape index (κ1) is 18.9. The average molecular weight is 410 g/mol. The number of ether oxygens (including phenoxy) is 2. The fraction of sp³-hybridized carbons (Fsp3) is 0.211. The van der Waals surface area contributed by atoms with Crippen molar-refractivity contribution in [2.24, 2.45) is 0 Å². The molecule has 0 amide bonds. The molecular weight excluding hydrogens is 392 g/mol. The van der Waals surface area contributed by atoms with Crippen LogP contribution in [0, 0.1) is 6.92 Å². The van der Waals surface area contributed by atoms with Gasteiger partial charge in [-0.15, -0.1) is 5.10 Å². The van der Waals surface area contributed by atoms with E-state index in [1.165, 1.54) is 18.9 Å². The number of H-pyrrole nitrogens is 1. The van der Waals surface area contributed by atoms with Gasteiger partial charge in [-0.3, -0.25) is 4.79 Å². The van der Waals surface area contributed by atoms with Crippen LogP contribution in [0.3, 0.4) is 0 Å². The molecule has 0 saturated carbocycles. The van der Waals surface area contributed by atoms with E-state index in [9.17, 15) is 4.79 Å². The van der Waals surface area contributed by atoms with Gasteiger partial charge < -0.3 is 14.5 Å². The molecule has 148 valence electrons. The molecule has 0 aliphatic carbocycles. The number of thioether (sulfide) groups is 1. The predicted molar refractivity (Wildman–Crippen MR) is 109 cm³/mol. The highest BCUT2D eigenvalue weighted by Crippen LogP contribution is 2.30. The van der Waals surface area contributed by atoms with E-state index < -0.39 is 0 Å². The van der Waals surface area contributed by atoms with Crippen molar-refractivity contribution in [1.29, 1.82) is 0 Å². The van der Waals surface area contributed by atoms with Crippen molar-refractivity contribution < 1.29 is 9.47 Å². The van der Waals surface area contributed by atoms with Gasteiger partial charge in [0.05, 0.1) is 36.6 Å². The molecule has 0 unspecified atom stereocenters. The zero-order chi connectivity index (χ0) is 20.4. The molecule has 0 bridgehead atoms. The first-order valence-electron chi connectivity index (χ1n) is 8.72. The van der Waals surface area contributed by atoms with Crippen LogP contribution in [0.5, 0.6) is 11.5 Å². The second-order valence-corrected chi connectivity index (χ2v) is 7.18. The maximum atomic E-state index is 12.5. The summed E-state index contributed by atoms with van der Waals surface area (Å²) >= 11 is 1.38. The van der Waals surface area contributed by atoms with Crippen molar-refractivity contribution in [3.05, 3.63) is 58.1 Å². The molecule has 0 aliphatic rings. The highest BCUT2D eigenvalue weighted by atomic mass is 32.2. The molecule has 2 heterocycles. The van der Waals surface area contributed by atoms with E-state index in [4.69, 9.17) is 9.47 Å². The summed E-state index contributed by atoms with van der Waals surface area (Å²) in [6.07, 6.45) is 0. The number of nitrogens with one attached hydrogen (secondary N) is 1. The molecule has 2 aromatic carbocycles. The van der Waals surface area contributed by atoms with Crippen molar-refractivity contribution in [2.45, 2.75) is 17.8 Å². The SMILES string of the molecule is COc1cc2nc(CSc3nnnn3-c3ccc(C)cc3)[nH]c(=O)c2cc1OC. The lowest BCUT2D eigenvalue weighted by Crippen LogP contribution is -2.12. The van der Waals surface area contributed by atoms with Gasteiger partial charge in [0.1, 0.15) is 5.82 Å². The number of fused-ring (bicyclic) bond motifs is 1. The Labute approximate surface area is 170 Å². The minimum Gasteiger partial charge on any atom is -0.493 e. The van der Waals surface area contributed by atoms with Crippen LogP contribution in [0.4, 0.5) is 0 Å². The first-order chi connectivity index (χ1) is 14.1. The molecule has 0 atom stereocenters. The van der Waals surface area contributed by atoms with E-state index in [1.807, 2.05) is 31.2 Å². The Kier molecular flexibility index (Phi) is 5.17. The number of methoxy groups -OCH3 is 2. The Morgan fingerprint density at radius 2 is 1.83 bits per heavy atom. The van der Waals surface area contributed by atoms with Gasteiger partial charge in [-0.05, 0) is 35.5 Å². The molecule has 0 aliphatic heterocycles. The normalized spacial score (nSPS) is 11.0. The van der Waals surface area contributed by atoms with Gasteiger partial charge in [0.2, 0.25) is 5.16 Å². The highest BCUT2D eigenvalue weighted by Gasteiger charge is 2.13. The number of nitrogens with zero attached hydrogens (tertiary/aromatic N) is 5. The van der Waals surface area contributed by atoms with Crippen molar-refractivity contribution in [2.75, 3.05) is 14.2 Å². The summed E-state index contributed by atoms with van der Waals surface area (Å²) in [4.78, 5) is 19.9. The molecule has 0 radical (unpaired) electrons. The highest BCUT2D eigenvalue weighted by molar-refractivity contribution is 7.98. The van der Waals surface area contributed by atoms with Crippen molar-refractivity contribution in [3.63, 3.8) is 0 Å². The molecule has 4 rings (SSSR count). The summed E-state index contributed by atoms with van der Waals surface area (Å²) < 4.78 is 12.2. The zero-order valence-electron chi connectivity index (χ0n) is 16.0. The summed E-state index contributed by atoms with van der Waals surface area (Å²) in [5.74, 6) is 1.90. The van der Waals surface area contributed by atoms with Gasteiger partial charge in [0, 0.05) is 6.07 Å². The number of aryl methyl sites for hydroxylation is 1. The Morgan fingerprint density at radius 3 is 2.55 bits per heavy atom. The maximum absolute atomic E-state index is 12.5. The Morgan fingerprint density at radius 1 is 1.10 bits per heavy atom. The molecule has 2 aromatic heterocycles. The van der Waals surface area contributed by atoms with Crippen LogP contribution in [-0.4, -0.2) is 44.4 Å². The first-order valence-corrected chi connectivity index (χ1v) is 9.70. The third kappa shape index (κ3) is 3.79. The van der Waals surface area contributed by atoms with Crippen LogP contribution < -0.4 is 15.0 Å². The fourth-order valence-corrected chi connectivity index (χ4v) is 3.59. The molecule has 0 fully saturated rings. The molecule has 0 saturated heterocycles. The second-order valence-electron chi connectivity index (χ2n) is 6.23. The number of benzene rings is 2. The van der Waals surface area contributed by atoms with Crippen molar-refractivity contribution in [1.82, 2.24) is 30.2 Å². The Balaban J connectivity index is 1.62. The Hall–Kier alpha value is -3.40. The maximum Gasteiger partial charge on any atom is 0.258 e. The monoisotopic (exact) mass is 410 g/mol.